The summed E-state index contributed by atoms with van der Waals surface area (Å²) >= 11 is 0. The summed E-state index contributed by atoms with van der Waals surface area (Å²) in [5.74, 6) is -0.120. The minimum atomic E-state index is -0.543. The highest BCUT2D eigenvalue weighted by Gasteiger charge is 2.50. The summed E-state index contributed by atoms with van der Waals surface area (Å²) in [5.41, 5.74) is 0. The van der Waals surface area contributed by atoms with Gasteiger partial charge in [0.15, 0.2) is 5.78 Å². The molecule has 0 spiro atoms. The van der Waals surface area contributed by atoms with Crippen molar-refractivity contribution in [2.24, 2.45) is 5.92 Å². The predicted octanol–water partition coefficient (Wildman–Crippen LogP) is 2.07. The van der Waals surface area contributed by atoms with E-state index in [0.29, 0.717) is 13.0 Å². The number of hydrogen-bond acceptors (Lipinski definition) is 4. The predicted molar refractivity (Wildman–Crippen MR) is 83.4 cm³/mol. The zero-order valence-electron chi connectivity index (χ0n) is 14.5. The SMILES string of the molecule is CC.COC(=O)N1CC2CCC(C(C)=O)N2C(=O)C1C(C)C. The van der Waals surface area contributed by atoms with Crippen LogP contribution in [-0.4, -0.2) is 59.4 Å². The molecule has 2 fully saturated rings. The number of carbonyl (C=O) groups is 3. The van der Waals surface area contributed by atoms with Crippen molar-refractivity contribution in [2.45, 2.75) is 65.6 Å². The first-order valence-corrected chi connectivity index (χ1v) is 8.05. The molecule has 2 rings (SSSR count). The van der Waals surface area contributed by atoms with E-state index in [1.165, 1.54) is 18.9 Å². The van der Waals surface area contributed by atoms with Crippen LogP contribution in [0.1, 0.15) is 47.5 Å². The minimum absolute atomic E-state index is 0.0178. The summed E-state index contributed by atoms with van der Waals surface area (Å²) in [7, 11) is 1.32. The molecular formula is C16H28N2O4. The van der Waals surface area contributed by atoms with E-state index in [4.69, 9.17) is 4.74 Å². The third-order valence-electron chi connectivity index (χ3n) is 4.26. The fraction of sp³-hybridized carbons (Fsp3) is 0.812. The fourth-order valence-corrected chi connectivity index (χ4v) is 3.37. The van der Waals surface area contributed by atoms with Gasteiger partial charge in [0.05, 0.1) is 19.2 Å². The molecule has 0 aromatic carbocycles. The van der Waals surface area contributed by atoms with Crippen molar-refractivity contribution in [3.8, 4) is 0 Å². The summed E-state index contributed by atoms with van der Waals surface area (Å²) < 4.78 is 4.79. The third-order valence-corrected chi connectivity index (χ3v) is 4.26. The Kier molecular flexibility index (Phi) is 6.38. The number of fused-ring (bicyclic) bond motifs is 1. The first-order chi connectivity index (χ1) is 10.4. The van der Waals surface area contributed by atoms with Gasteiger partial charge in [0.2, 0.25) is 5.91 Å². The Labute approximate surface area is 132 Å². The Balaban J connectivity index is 0.00000116. The maximum Gasteiger partial charge on any atom is 0.410 e. The molecule has 2 aliphatic rings. The lowest BCUT2D eigenvalue weighted by atomic mass is 9.96. The largest absolute Gasteiger partial charge is 0.453 e. The van der Waals surface area contributed by atoms with E-state index in [1.54, 1.807) is 4.90 Å². The van der Waals surface area contributed by atoms with Gasteiger partial charge >= 0.3 is 6.09 Å². The number of ether oxygens (including phenoxy) is 1. The van der Waals surface area contributed by atoms with E-state index >= 15 is 0 Å². The molecule has 0 aliphatic carbocycles. The molecule has 2 heterocycles. The second-order valence-electron chi connectivity index (χ2n) is 5.91. The van der Waals surface area contributed by atoms with E-state index in [-0.39, 0.29) is 29.7 Å². The molecule has 22 heavy (non-hydrogen) atoms. The van der Waals surface area contributed by atoms with Crippen molar-refractivity contribution >= 4 is 17.8 Å². The Hall–Kier alpha value is -1.59. The number of Topliss-reactive ketones (excluding diaryl/α,β-unsaturated/α-hetero) is 1. The monoisotopic (exact) mass is 312 g/mol. The molecule has 0 N–H and O–H groups in total. The summed E-state index contributed by atoms with van der Waals surface area (Å²) in [6.07, 6.45) is 0.975. The Bertz CT molecular complexity index is 436. The van der Waals surface area contributed by atoms with Crippen LogP contribution in [0.15, 0.2) is 0 Å². The zero-order valence-corrected chi connectivity index (χ0v) is 14.5. The highest BCUT2D eigenvalue weighted by Crippen LogP contribution is 2.33. The van der Waals surface area contributed by atoms with E-state index in [9.17, 15) is 14.4 Å². The number of methoxy groups -OCH3 is 1. The van der Waals surface area contributed by atoms with Gasteiger partial charge in [-0.1, -0.05) is 27.7 Å². The van der Waals surface area contributed by atoms with Gasteiger partial charge in [0.25, 0.3) is 0 Å². The molecule has 2 amide bonds. The van der Waals surface area contributed by atoms with E-state index in [2.05, 4.69) is 0 Å². The second-order valence-corrected chi connectivity index (χ2v) is 5.91. The van der Waals surface area contributed by atoms with Crippen LogP contribution >= 0.6 is 0 Å². The topological polar surface area (TPSA) is 66.9 Å². The molecule has 6 nitrogen and oxygen atoms in total. The average molecular weight is 312 g/mol. The van der Waals surface area contributed by atoms with Crippen LogP contribution < -0.4 is 0 Å². The zero-order chi connectivity index (χ0) is 17.0. The molecule has 2 saturated heterocycles. The quantitative estimate of drug-likeness (QED) is 0.783. The van der Waals surface area contributed by atoms with Gasteiger partial charge in [-0.05, 0) is 25.7 Å². The number of hydrogen-bond donors (Lipinski definition) is 0. The number of carbonyl (C=O) groups excluding carboxylic acids is 3. The van der Waals surface area contributed by atoms with Crippen LogP contribution in [0.4, 0.5) is 4.79 Å². The van der Waals surface area contributed by atoms with Gasteiger partial charge in [-0.3, -0.25) is 14.5 Å². The van der Waals surface area contributed by atoms with Crippen LogP contribution in [0.3, 0.4) is 0 Å². The molecule has 3 atom stereocenters. The van der Waals surface area contributed by atoms with Crippen molar-refractivity contribution in [3.05, 3.63) is 0 Å². The van der Waals surface area contributed by atoms with Crippen LogP contribution in [0, 0.1) is 5.92 Å². The molecule has 126 valence electrons. The molecule has 0 aromatic heterocycles. The Morgan fingerprint density at radius 1 is 1.23 bits per heavy atom. The minimum Gasteiger partial charge on any atom is -0.453 e. The lowest BCUT2D eigenvalue weighted by molar-refractivity contribution is -0.150. The fourth-order valence-electron chi connectivity index (χ4n) is 3.37. The summed E-state index contributed by atoms with van der Waals surface area (Å²) in [6.45, 7) is 9.78. The summed E-state index contributed by atoms with van der Waals surface area (Å²) in [6, 6.07) is -0.933. The molecule has 2 aliphatic heterocycles. The molecule has 3 unspecified atom stereocenters. The second kappa shape index (κ2) is 7.61. The Morgan fingerprint density at radius 3 is 2.27 bits per heavy atom. The van der Waals surface area contributed by atoms with Gasteiger partial charge in [-0.15, -0.1) is 0 Å². The average Bonchev–Trinajstić information content (AvgIpc) is 2.92. The molecule has 0 aromatic rings. The smallest absolute Gasteiger partial charge is 0.410 e. The number of nitrogens with zero attached hydrogens (tertiary/aromatic N) is 2. The van der Waals surface area contributed by atoms with Crippen molar-refractivity contribution < 1.29 is 19.1 Å². The molecule has 0 saturated carbocycles. The van der Waals surface area contributed by atoms with Gasteiger partial charge in [0.1, 0.15) is 6.04 Å². The van der Waals surface area contributed by atoms with Gasteiger partial charge in [0, 0.05) is 6.54 Å². The summed E-state index contributed by atoms with van der Waals surface area (Å²) in [4.78, 5) is 39.5. The molecule has 0 bridgehead atoms. The standard InChI is InChI=1S/C14H22N2O4.C2H6/c1-8(2)12-13(18)16-10(5-6-11(16)9(3)17)7-15(12)14(19)20-4;1-2/h8,10-12H,5-7H2,1-4H3;1-2H3. The van der Waals surface area contributed by atoms with Crippen LogP contribution in [0.25, 0.3) is 0 Å². The number of rotatable bonds is 2. The van der Waals surface area contributed by atoms with Crippen LogP contribution in [0.2, 0.25) is 0 Å². The number of amides is 2. The highest BCUT2D eigenvalue weighted by atomic mass is 16.5. The Morgan fingerprint density at radius 2 is 1.82 bits per heavy atom. The lowest BCUT2D eigenvalue weighted by Gasteiger charge is -2.45. The van der Waals surface area contributed by atoms with E-state index in [1.807, 2.05) is 27.7 Å². The molecular weight excluding hydrogens is 284 g/mol. The van der Waals surface area contributed by atoms with E-state index in [0.717, 1.165) is 6.42 Å². The maximum atomic E-state index is 12.7. The van der Waals surface area contributed by atoms with Crippen molar-refractivity contribution in [1.82, 2.24) is 9.80 Å². The van der Waals surface area contributed by atoms with Crippen LogP contribution in [0.5, 0.6) is 0 Å². The third kappa shape index (κ3) is 3.25. The maximum absolute atomic E-state index is 12.7. The van der Waals surface area contributed by atoms with Gasteiger partial charge in [-0.2, -0.15) is 0 Å². The van der Waals surface area contributed by atoms with Crippen molar-refractivity contribution in [3.63, 3.8) is 0 Å². The first kappa shape index (κ1) is 18.5. The molecule has 0 radical (unpaired) electrons. The lowest BCUT2D eigenvalue weighted by Crippen LogP contribution is -2.64. The van der Waals surface area contributed by atoms with Crippen LogP contribution in [-0.2, 0) is 14.3 Å². The highest BCUT2D eigenvalue weighted by molar-refractivity contribution is 5.93. The first-order valence-electron chi connectivity index (χ1n) is 8.05. The van der Waals surface area contributed by atoms with Crippen molar-refractivity contribution in [1.29, 1.82) is 0 Å². The van der Waals surface area contributed by atoms with Gasteiger partial charge < -0.3 is 9.64 Å². The van der Waals surface area contributed by atoms with Crippen molar-refractivity contribution in [2.75, 3.05) is 13.7 Å². The number of piperazine rings is 1. The normalized spacial score (nSPS) is 27.2. The van der Waals surface area contributed by atoms with E-state index < -0.39 is 12.1 Å². The molecule has 6 heteroatoms. The number of ketones is 1. The summed E-state index contributed by atoms with van der Waals surface area (Å²) in [5, 5.41) is 0. The van der Waals surface area contributed by atoms with Gasteiger partial charge in [-0.25, -0.2) is 4.79 Å².